The van der Waals surface area contributed by atoms with Gasteiger partial charge in [-0.25, -0.2) is 0 Å². The Morgan fingerprint density at radius 3 is 2.41 bits per heavy atom. The SMILES string of the molecule is CCCCCCC/C=C/C(CCCCCCCC(=O)O)C1CC(=O)OC1=O. The molecule has 1 N–H and O–H groups in total. The number of rotatable bonds is 16. The van der Waals surface area contributed by atoms with E-state index in [0.29, 0.717) is 0 Å². The summed E-state index contributed by atoms with van der Waals surface area (Å²) in [6.45, 7) is 2.21. The second-order valence-electron chi connectivity index (χ2n) is 7.60. The van der Waals surface area contributed by atoms with Crippen molar-refractivity contribution in [2.75, 3.05) is 0 Å². The number of carbonyl (C=O) groups excluding carboxylic acids is 2. The Morgan fingerprint density at radius 2 is 1.74 bits per heavy atom. The molecule has 1 rings (SSSR count). The lowest BCUT2D eigenvalue weighted by atomic mass is 9.86. The van der Waals surface area contributed by atoms with Crippen molar-refractivity contribution in [1.29, 1.82) is 0 Å². The maximum atomic E-state index is 11.9. The van der Waals surface area contributed by atoms with E-state index in [1.807, 2.05) is 0 Å². The summed E-state index contributed by atoms with van der Waals surface area (Å²) < 4.78 is 4.74. The third-order valence-corrected chi connectivity index (χ3v) is 5.21. The fourth-order valence-corrected chi connectivity index (χ4v) is 3.57. The van der Waals surface area contributed by atoms with Crippen LogP contribution in [0.2, 0.25) is 0 Å². The van der Waals surface area contributed by atoms with Crippen molar-refractivity contribution in [2.45, 2.75) is 96.8 Å². The van der Waals surface area contributed by atoms with Crippen LogP contribution >= 0.6 is 0 Å². The van der Waals surface area contributed by atoms with Crippen LogP contribution in [0.15, 0.2) is 12.2 Å². The van der Waals surface area contributed by atoms with Crippen molar-refractivity contribution in [1.82, 2.24) is 0 Å². The van der Waals surface area contributed by atoms with E-state index in [-0.39, 0.29) is 30.6 Å². The fraction of sp³-hybridized carbons (Fsp3) is 0.773. The monoisotopic (exact) mass is 380 g/mol. The van der Waals surface area contributed by atoms with E-state index in [2.05, 4.69) is 19.1 Å². The molecule has 2 atom stereocenters. The van der Waals surface area contributed by atoms with Crippen molar-refractivity contribution < 1.29 is 24.2 Å². The molecular weight excluding hydrogens is 344 g/mol. The Bertz CT molecular complexity index is 483. The Hall–Kier alpha value is -1.65. The minimum Gasteiger partial charge on any atom is -0.481 e. The summed E-state index contributed by atoms with van der Waals surface area (Å²) in [7, 11) is 0. The van der Waals surface area contributed by atoms with Crippen LogP contribution in [0.1, 0.15) is 96.8 Å². The average Bonchev–Trinajstić information content (AvgIpc) is 2.96. The highest BCUT2D eigenvalue weighted by Crippen LogP contribution is 2.30. The number of hydrogen-bond acceptors (Lipinski definition) is 4. The molecule has 0 aliphatic carbocycles. The van der Waals surface area contributed by atoms with Crippen LogP contribution in [0.4, 0.5) is 0 Å². The highest BCUT2D eigenvalue weighted by atomic mass is 16.6. The van der Waals surface area contributed by atoms with Gasteiger partial charge in [0.05, 0.1) is 12.3 Å². The van der Waals surface area contributed by atoms with Crippen molar-refractivity contribution in [3.63, 3.8) is 0 Å². The van der Waals surface area contributed by atoms with Crippen molar-refractivity contribution in [3.05, 3.63) is 12.2 Å². The first-order chi connectivity index (χ1) is 13.0. The number of carboxylic acid groups (broad SMARTS) is 1. The van der Waals surface area contributed by atoms with Gasteiger partial charge < -0.3 is 9.84 Å². The molecule has 0 aromatic heterocycles. The van der Waals surface area contributed by atoms with Crippen LogP contribution in [0.25, 0.3) is 0 Å². The Labute approximate surface area is 163 Å². The van der Waals surface area contributed by atoms with E-state index in [1.165, 1.54) is 32.1 Å². The Morgan fingerprint density at radius 1 is 1.07 bits per heavy atom. The van der Waals surface area contributed by atoms with Gasteiger partial charge in [-0.15, -0.1) is 0 Å². The molecule has 0 spiro atoms. The summed E-state index contributed by atoms with van der Waals surface area (Å²) in [6, 6.07) is 0. The van der Waals surface area contributed by atoms with E-state index in [0.717, 1.165) is 44.9 Å². The second kappa shape index (κ2) is 14.4. The number of aliphatic carboxylic acids is 1. The molecular formula is C22H36O5. The predicted octanol–water partition coefficient (Wildman–Crippen LogP) is 5.42. The van der Waals surface area contributed by atoms with Crippen LogP contribution in [0, 0.1) is 11.8 Å². The van der Waals surface area contributed by atoms with Crippen molar-refractivity contribution in [3.8, 4) is 0 Å². The maximum absolute atomic E-state index is 11.9. The molecule has 5 heteroatoms. The number of hydrogen-bond donors (Lipinski definition) is 1. The zero-order chi connectivity index (χ0) is 19.9. The van der Waals surface area contributed by atoms with Gasteiger partial charge in [-0.05, 0) is 31.6 Å². The first-order valence-electron chi connectivity index (χ1n) is 10.7. The number of cyclic esters (lactones) is 2. The highest BCUT2D eigenvalue weighted by molar-refractivity contribution is 5.94. The third-order valence-electron chi connectivity index (χ3n) is 5.21. The van der Waals surface area contributed by atoms with Crippen LogP contribution in [0.5, 0.6) is 0 Å². The molecule has 0 radical (unpaired) electrons. The third kappa shape index (κ3) is 10.9. The molecule has 154 valence electrons. The number of carboxylic acids is 1. The van der Waals surface area contributed by atoms with Crippen LogP contribution < -0.4 is 0 Å². The summed E-state index contributed by atoms with van der Waals surface area (Å²) in [5.74, 6) is -1.78. The minimum absolute atomic E-state index is 0.0682. The van der Waals surface area contributed by atoms with Gasteiger partial charge in [0.25, 0.3) is 0 Å². The Balaban J connectivity index is 2.34. The van der Waals surface area contributed by atoms with Crippen LogP contribution in [-0.2, 0) is 19.1 Å². The van der Waals surface area contributed by atoms with Gasteiger partial charge >= 0.3 is 17.9 Å². The lowest BCUT2D eigenvalue weighted by Gasteiger charge is -2.16. The van der Waals surface area contributed by atoms with Gasteiger partial charge in [0.2, 0.25) is 0 Å². The lowest BCUT2D eigenvalue weighted by Crippen LogP contribution is -2.18. The first kappa shape index (κ1) is 23.4. The normalized spacial score (nSPS) is 18.2. The molecule has 27 heavy (non-hydrogen) atoms. The maximum Gasteiger partial charge on any atom is 0.317 e. The van der Waals surface area contributed by atoms with Crippen LogP contribution in [0.3, 0.4) is 0 Å². The van der Waals surface area contributed by atoms with Crippen molar-refractivity contribution in [2.24, 2.45) is 11.8 Å². The Kier molecular flexibility index (Phi) is 12.5. The molecule has 1 fully saturated rings. The van der Waals surface area contributed by atoms with E-state index in [4.69, 9.17) is 9.84 Å². The van der Waals surface area contributed by atoms with Crippen molar-refractivity contribution >= 4 is 17.9 Å². The van der Waals surface area contributed by atoms with E-state index in [9.17, 15) is 14.4 Å². The van der Waals surface area contributed by atoms with E-state index < -0.39 is 11.9 Å². The molecule has 0 amide bonds. The summed E-state index contributed by atoms with van der Waals surface area (Å²) in [4.78, 5) is 33.9. The predicted molar refractivity (Wildman–Crippen MR) is 105 cm³/mol. The van der Waals surface area contributed by atoms with Gasteiger partial charge in [0, 0.05) is 6.42 Å². The molecule has 5 nitrogen and oxygen atoms in total. The summed E-state index contributed by atoms with van der Waals surface area (Å²) in [5.41, 5.74) is 0. The summed E-state index contributed by atoms with van der Waals surface area (Å²) in [6.07, 6.45) is 17.5. The molecule has 1 heterocycles. The smallest absolute Gasteiger partial charge is 0.317 e. The standard InChI is InChI=1S/C22H36O5/c1-2-3-4-5-6-8-11-14-18(19-17-21(25)27-22(19)26)15-12-9-7-10-13-16-20(23)24/h11,14,18-19H,2-10,12-13,15-17H2,1H3,(H,23,24)/b14-11+. The zero-order valence-electron chi connectivity index (χ0n) is 16.8. The van der Waals surface area contributed by atoms with E-state index >= 15 is 0 Å². The van der Waals surface area contributed by atoms with Crippen LogP contribution in [-0.4, -0.2) is 23.0 Å². The fourth-order valence-electron chi connectivity index (χ4n) is 3.57. The minimum atomic E-state index is -0.737. The molecule has 2 unspecified atom stereocenters. The van der Waals surface area contributed by atoms with Gasteiger partial charge in [-0.1, -0.05) is 70.4 Å². The molecule has 1 aliphatic rings. The first-order valence-corrected chi connectivity index (χ1v) is 10.7. The quantitative estimate of drug-likeness (QED) is 0.167. The molecule has 1 saturated heterocycles. The molecule has 0 aromatic carbocycles. The molecule has 1 aliphatic heterocycles. The van der Waals surface area contributed by atoms with Gasteiger partial charge in [0.1, 0.15) is 0 Å². The molecule has 0 aromatic rings. The number of ether oxygens (including phenoxy) is 1. The zero-order valence-corrected chi connectivity index (χ0v) is 16.8. The average molecular weight is 381 g/mol. The van der Waals surface area contributed by atoms with Gasteiger partial charge in [-0.2, -0.15) is 0 Å². The lowest BCUT2D eigenvalue weighted by molar-refractivity contribution is -0.153. The highest BCUT2D eigenvalue weighted by Gasteiger charge is 2.37. The number of carbonyl (C=O) groups is 3. The van der Waals surface area contributed by atoms with Gasteiger partial charge in [-0.3, -0.25) is 14.4 Å². The number of esters is 2. The summed E-state index contributed by atoms with van der Waals surface area (Å²) >= 11 is 0. The topological polar surface area (TPSA) is 80.7 Å². The van der Waals surface area contributed by atoms with E-state index in [1.54, 1.807) is 0 Å². The molecule has 0 saturated carbocycles. The largest absolute Gasteiger partial charge is 0.481 e. The summed E-state index contributed by atoms with van der Waals surface area (Å²) in [5, 5.41) is 8.64. The van der Waals surface area contributed by atoms with Gasteiger partial charge in [0.15, 0.2) is 0 Å². The second-order valence-corrected chi connectivity index (χ2v) is 7.60. The number of unbranched alkanes of at least 4 members (excludes halogenated alkanes) is 9. The number of allylic oxidation sites excluding steroid dienone is 2. The molecule has 0 bridgehead atoms.